The van der Waals surface area contributed by atoms with Crippen LogP contribution in [0.1, 0.15) is 18.1 Å². The molecule has 0 saturated heterocycles. The minimum atomic E-state index is -0.496. The van der Waals surface area contributed by atoms with Crippen LogP contribution >= 0.6 is 0 Å². The average molecular weight is 361 g/mol. The Hall–Kier alpha value is -3.77. The van der Waals surface area contributed by atoms with Gasteiger partial charge in [-0.2, -0.15) is 10.5 Å². The highest BCUT2D eigenvalue weighted by atomic mass is 16.5. The molecule has 0 aliphatic rings. The predicted octanol–water partition coefficient (Wildman–Crippen LogP) is 3.84. The highest BCUT2D eigenvalue weighted by Crippen LogP contribution is 2.29. The summed E-state index contributed by atoms with van der Waals surface area (Å²) in [7, 11) is 0. The molecule has 2 aromatic rings. The smallest absolute Gasteiger partial charge is 0.266 e. The van der Waals surface area contributed by atoms with Gasteiger partial charge in [-0.05, 0) is 49.8 Å². The van der Waals surface area contributed by atoms with Crippen molar-refractivity contribution in [3.05, 3.63) is 59.2 Å². The molecule has 0 saturated carbocycles. The molecule has 0 fully saturated rings. The van der Waals surface area contributed by atoms with Crippen LogP contribution in [0.3, 0.4) is 0 Å². The van der Waals surface area contributed by atoms with Gasteiger partial charge in [0.2, 0.25) is 0 Å². The Balaban J connectivity index is 2.24. The molecule has 1 amide bonds. The molecule has 6 nitrogen and oxygen atoms in total. The molecule has 0 heterocycles. The first-order valence-corrected chi connectivity index (χ1v) is 8.33. The first-order valence-electron chi connectivity index (χ1n) is 8.33. The maximum absolute atomic E-state index is 12.4. The second-order valence-electron chi connectivity index (χ2n) is 5.58. The number of aryl methyl sites for hydroxylation is 1. The lowest BCUT2D eigenvalue weighted by atomic mass is 10.1. The number of carbonyl (C=O) groups excluding carboxylic acids is 1. The summed E-state index contributed by atoms with van der Waals surface area (Å²) in [6.07, 6.45) is 1.47. The van der Waals surface area contributed by atoms with Gasteiger partial charge in [0, 0.05) is 5.69 Å². The minimum absolute atomic E-state index is 0.0382. The van der Waals surface area contributed by atoms with Crippen LogP contribution in [-0.4, -0.2) is 19.1 Å². The molecule has 1 N–H and O–H groups in total. The van der Waals surface area contributed by atoms with E-state index in [1.165, 1.54) is 6.08 Å². The Morgan fingerprint density at radius 1 is 1.11 bits per heavy atom. The van der Waals surface area contributed by atoms with E-state index in [2.05, 4.69) is 5.32 Å². The molecular formula is C21H19N3O3. The summed E-state index contributed by atoms with van der Waals surface area (Å²) in [6.45, 7) is 4.09. The van der Waals surface area contributed by atoms with Crippen molar-refractivity contribution in [3.63, 3.8) is 0 Å². The highest BCUT2D eigenvalue weighted by molar-refractivity contribution is 6.09. The van der Waals surface area contributed by atoms with Crippen molar-refractivity contribution in [3.8, 4) is 23.6 Å². The third-order valence-corrected chi connectivity index (χ3v) is 3.55. The first-order chi connectivity index (χ1) is 13.1. The Bertz CT molecular complexity index is 919. The third-order valence-electron chi connectivity index (χ3n) is 3.55. The fraction of sp³-hybridized carbons (Fsp3) is 0.190. The number of nitrogens with zero attached hydrogens (tertiary/aromatic N) is 2. The zero-order valence-corrected chi connectivity index (χ0v) is 15.2. The molecule has 0 aliphatic carbocycles. The molecule has 0 aliphatic heterocycles. The Morgan fingerprint density at radius 3 is 2.48 bits per heavy atom. The molecule has 6 heteroatoms. The number of anilines is 1. The Morgan fingerprint density at radius 2 is 1.85 bits per heavy atom. The van der Waals surface area contributed by atoms with Crippen molar-refractivity contribution < 1.29 is 14.3 Å². The van der Waals surface area contributed by atoms with Crippen LogP contribution in [0.15, 0.2) is 48.0 Å². The number of benzene rings is 2. The highest BCUT2D eigenvalue weighted by Gasteiger charge is 2.11. The number of amides is 1. The monoisotopic (exact) mass is 361 g/mol. The van der Waals surface area contributed by atoms with Gasteiger partial charge in [0.25, 0.3) is 5.91 Å². The van der Waals surface area contributed by atoms with Crippen LogP contribution in [0, 0.1) is 29.6 Å². The van der Waals surface area contributed by atoms with Gasteiger partial charge in [-0.3, -0.25) is 4.79 Å². The maximum Gasteiger partial charge on any atom is 0.266 e. The maximum atomic E-state index is 12.4. The summed E-state index contributed by atoms with van der Waals surface area (Å²) in [5.41, 5.74) is 2.26. The van der Waals surface area contributed by atoms with E-state index in [0.29, 0.717) is 29.4 Å². The molecule has 2 aromatic carbocycles. The molecule has 0 radical (unpaired) electrons. The molecule has 0 atom stereocenters. The van der Waals surface area contributed by atoms with Crippen LogP contribution in [0.2, 0.25) is 0 Å². The van der Waals surface area contributed by atoms with Crippen LogP contribution in [-0.2, 0) is 4.79 Å². The molecule has 136 valence electrons. The summed E-state index contributed by atoms with van der Waals surface area (Å²) in [5.74, 6) is 0.375. The van der Waals surface area contributed by atoms with E-state index >= 15 is 0 Å². The summed E-state index contributed by atoms with van der Waals surface area (Å²) >= 11 is 0. The molecule has 0 bridgehead atoms. The molecule has 0 unspecified atom stereocenters. The fourth-order valence-corrected chi connectivity index (χ4v) is 2.26. The Kier molecular flexibility index (Phi) is 6.99. The van der Waals surface area contributed by atoms with Crippen molar-refractivity contribution in [1.82, 2.24) is 0 Å². The van der Waals surface area contributed by atoms with Crippen LogP contribution < -0.4 is 14.8 Å². The molecule has 0 aromatic heterocycles. The average Bonchev–Trinajstić information content (AvgIpc) is 2.67. The first kappa shape index (κ1) is 19.6. The van der Waals surface area contributed by atoms with Gasteiger partial charge in [-0.1, -0.05) is 23.8 Å². The quantitative estimate of drug-likeness (QED) is 0.597. The number of hydrogen-bond donors (Lipinski definition) is 1. The van der Waals surface area contributed by atoms with E-state index in [1.807, 2.05) is 38.1 Å². The zero-order chi connectivity index (χ0) is 19.6. The topological polar surface area (TPSA) is 95.1 Å². The summed E-state index contributed by atoms with van der Waals surface area (Å²) in [6, 6.07) is 16.1. The fourth-order valence-electron chi connectivity index (χ4n) is 2.26. The van der Waals surface area contributed by atoms with Gasteiger partial charge in [0.15, 0.2) is 18.1 Å². The lowest BCUT2D eigenvalue weighted by molar-refractivity contribution is -0.112. The van der Waals surface area contributed by atoms with Gasteiger partial charge in [-0.15, -0.1) is 0 Å². The molecule has 2 rings (SSSR count). The van der Waals surface area contributed by atoms with Crippen molar-refractivity contribution in [2.75, 3.05) is 18.5 Å². The number of carbonyl (C=O) groups is 1. The molecule has 27 heavy (non-hydrogen) atoms. The molecular weight excluding hydrogens is 342 g/mol. The van der Waals surface area contributed by atoms with E-state index in [0.717, 1.165) is 5.56 Å². The summed E-state index contributed by atoms with van der Waals surface area (Å²) < 4.78 is 10.8. The van der Waals surface area contributed by atoms with E-state index in [1.54, 1.807) is 30.3 Å². The summed E-state index contributed by atoms with van der Waals surface area (Å²) in [4.78, 5) is 12.4. The third kappa shape index (κ3) is 5.62. The number of rotatable bonds is 7. The van der Waals surface area contributed by atoms with Gasteiger partial charge in [0.05, 0.1) is 6.61 Å². The van der Waals surface area contributed by atoms with Gasteiger partial charge in [0.1, 0.15) is 17.7 Å². The van der Waals surface area contributed by atoms with Gasteiger partial charge in [-0.25, -0.2) is 0 Å². The summed E-state index contributed by atoms with van der Waals surface area (Å²) in [5, 5.41) is 20.7. The second kappa shape index (κ2) is 9.65. The second-order valence-corrected chi connectivity index (χ2v) is 5.58. The van der Waals surface area contributed by atoms with Crippen LogP contribution in [0.4, 0.5) is 5.69 Å². The standard InChI is InChI=1S/C21H19N3O3/c1-3-26-20-13-16(6-9-19(20)27-11-10-22)12-17(14-23)21(25)24-18-7-4-15(2)5-8-18/h4-9,12-13H,3,11H2,1-2H3,(H,24,25)/b17-12+. The number of hydrogen-bond acceptors (Lipinski definition) is 5. The van der Waals surface area contributed by atoms with Gasteiger partial charge < -0.3 is 14.8 Å². The number of nitriles is 2. The molecule has 0 spiro atoms. The van der Waals surface area contributed by atoms with E-state index in [-0.39, 0.29) is 12.2 Å². The van der Waals surface area contributed by atoms with Crippen molar-refractivity contribution >= 4 is 17.7 Å². The van der Waals surface area contributed by atoms with E-state index in [9.17, 15) is 10.1 Å². The zero-order valence-electron chi connectivity index (χ0n) is 15.2. The SMILES string of the molecule is CCOc1cc(/C=C(\C#N)C(=O)Nc2ccc(C)cc2)ccc1OCC#N. The van der Waals surface area contributed by atoms with E-state index < -0.39 is 5.91 Å². The number of ether oxygens (including phenoxy) is 2. The van der Waals surface area contributed by atoms with Crippen molar-refractivity contribution in [2.45, 2.75) is 13.8 Å². The van der Waals surface area contributed by atoms with Crippen molar-refractivity contribution in [1.29, 1.82) is 10.5 Å². The lowest BCUT2D eigenvalue weighted by Crippen LogP contribution is -2.13. The largest absolute Gasteiger partial charge is 0.490 e. The van der Waals surface area contributed by atoms with Crippen molar-refractivity contribution in [2.24, 2.45) is 0 Å². The predicted molar refractivity (Wildman–Crippen MR) is 102 cm³/mol. The Labute approximate surface area is 158 Å². The number of nitrogens with one attached hydrogen (secondary N) is 1. The van der Waals surface area contributed by atoms with Gasteiger partial charge >= 0.3 is 0 Å². The normalized spacial score (nSPS) is 10.4. The minimum Gasteiger partial charge on any atom is -0.490 e. The van der Waals surface area contributed by atoms with Crippen LogP contribution in [0.25, 0.3) is 6.08 Å². The van der Waals surface area contributed by atoms with Crippen LogP contribution in [0.5, 0.6) is 11.5 Å². The van der Waals surface area contributed by atoms with E-state index in [4.69, 9.17) is 14.7 Å². The lowest BCUT2D eigenvalue weighted by Gasteiger charge is -2.11.